The maximum absolute atomic E-state index is 14.6. The Bertz CT molecular complexity index is 1340. The fourth-order valence-corrected chi connectivity index (χ4v) is 12.5. The molecular weight excluding hydrogens is 681 g/mol. The highest BCUT2D eigenvalue weighted by Crippen LogP contribution is 2.45. The smallest absolute Gasteiger partial charge is 0.370 e. The average molecular weight is 717 g/mol. The molecule has 0 aromatic heterocycles. The first-order valence-electron chi connectivity index (χ1n) is 13.1. The third-order valence-electron chi connectivity index (χ3n) is 8.26. The molecule has 1 heterocycles. The van der Waals surface area contributed by atoms with E-state index in [1.807, 2.05) is 4.90 Å². The quantitative estimate of drug-likeness (QED) is 0.240. The summed E-state index contributed by atoms with van der Waals surface area (Å²) in [7, 11) is -8.38. The average Bonchev–Trinajstić information content (AvgIpc) is 2.87. The molecule has 2 aliphatic rings. The fraction of sp³-hybridized carbons (Fsp3) is 0.556. The summed E-state index contributed by atoms with van der Waals surface area (Å²) in [5.74, 6) is 0.969. The van der Waals surface area contributed by atoms with Gasteiger partial charge in [-0.05, 0) is 77.3 Å². The third-order valence-corrected chi connectivity index (χ3v) is 16.0. The number of anilines is 2. The zero-order valence-electron chi connectivity index (χ0n) is 22.2. The zero-order chi connectivity index (χ0) is 28.8. The van der Waals surface area contributed by atoms with Crippen molar-refractivity contribution >= 4 is 63.4 Å². The number of fused-ring (bicyclic) bond motifs is 1. The molecule has 1 saturated heterocycles. The van der Waals surface area contributed by atoms with Crippen LogP contribution in [0.25, 0.3) is 0 Å². The van der Waals surface area contributed by atoms with Gasteiger partial charge in [-0.25, -0.2) is 12.1 Å². The predicted octanol–water partition coefficient (Wildman–Crippen LogP) is 7.41. The largest absolute Gasteiger partial charge is 0.416 e. The van der Waals surface area contributed by atoms with E-state index in [2.05, 4.69) is 31.9 Å². The van der Waals surface area contributed by atoms with Crippen molar-refractivity contribution in [2.45, 2.75) is 67.1 Å². The van der Waals surface area contributed by atoms with Crippen LogP contribution in [0.1, 0.15) is 51.5 Å². The van der Waals surface area contributed by atoms with Crippen LogP contribution in [0.15, 0.2) is 51.8 Å². The summed E-state index contributed by atoms with van der Waals surface area (Å²) in [6.07, 6.45) is 2.03. The molecule has 0 N–H and O–H groups in total. The molecule has 4 rings (SSSR count). The van der Waals surface area contributed by atoms with E-state index in [4.69, 9.17) is 0 Å². The number of benzene rings is 2. The molecule has 0 amide bonds. The molecule has 1 aliphatic carbocycles. The van der Waals surface area contributed by atoms with Crippen molar-refractivity contribution in [1.82, 2.24) is 0 Å². The standard InChI is InChI=1S/C27H35Br2F3N2O3S2/c1-18(28)19(2)38(3,35)34(39(36,37)24-11-9-23(29)10-12-24)26-16-22(27(30,31)32)8-13-25(26)33-15-14-20-6-4-5-7-21(20)17-33/h8-13,16,18-21,38H,4-7,14-15,17H2,1-3H3/t18-,19?,20+,21?/m1/s1. The zero-order valence-corrected chi connectivity index (χ0v) is 27.0. The van der Waals surface area contributed by atoms with E-state index in [0.29, 0.717) is 35.1 Å². The number of rotatable bonds is 7. The molecule has 2 aromatic carbocycles. The van der Waals surface area contributed by atoms with Crippen molar-refractivity contribution < 1.29 is 25.8 Å². The summed E-state index contributed by atoms with van der Waals surface area (Å²) < 4.78 is 86.6. The molecule has 1 aliphatic heterocycles. The van der Waals surface area contributed by atoms with E-state index in [1.54, 1.807) is 26.0 Å². The van der Waals surface area contributed by atoms with Crippen molar-refractivity contribution in [2.75, 3.05) is 28.0 Å². The molecule has 2 fully saturated rings. The molecule has 2 unspecified atom stereocenters. The highest BCUT2D eigenvalue weighted by molar-refractivity contribution is 9.10. The molecule has 39 heavy (non-hydrogen) atoms. The Balaban J connectivity index is 1.95. The Morgan fingerprint density at radius 3 is 2.23 bits per heavy atom. The molecule has 4 atom stereocenters. The van der Waals surface area contributed by atoms with E-state index in [-0.39, 0.29) is 15.4 Å². The van der Waals surface area contributed by atoms with Gasteiger partial charge in [-0.3, -0.25) is 4.21 Å². The Labute approximate surface area is 247 Å². The van der Waals surface area contributed by atoms with Crippen LogP contribution < -0.4 is 8.61 Å². The molecule has 1 saturated carbocycles. The number of halogens is 5. The maximum Gasteiger partial charge on any atom is 0.416 e. The number of hydrogen-bond acceptors (Lipinski definition) is 4. The lowest BCUT2D eigenvalue weighted by Gasteiger charge is -2.45. The first kappa shape index (κ1) is 30.8. The fourth-order valence-electron chi connectivity index (χ4n) is 5.75. The summed E-state index contributed by atoms with van der Waals surface area (Å²) in [5, 5.41) is -0.686. The monoisotopic (exact) mass is 714 g/mol. The van der Waals surface area contributed by atoms with Crippen molar-refractivity contribution in [3.63, 3.8) is 0 Å². The maximum atomic E-state index is 14.6. The summed E-state index contributed by atoms with van der Waals surface area (Å²) in [6, 6.07) is 9.04. The van der Waals surface area contributed by atoms with E-state index >= 15 is 0 Å². The summed E-state index contributed by atoms with van der Waals surface area (Å²) in [5.41, 5.74) is -0.804. The minimum absolute atomic E-state index is 0.142. The number of nitrogens with zero attached hydrogens (tertiary/aromatic N) is 2. The van der Waals surface area contributed by atoms with Gasteiger partial charge in [0.05, 0.1) is 21.8 Å². The SMILES string of the molecule is CC([C@@H](C)Br)[SH](C)(=O)N(c1cc(C(F)(F)F)ccc1N1CC[C@@H]2CCCCC2C1)S(=O)(=O)c1ccc(Br)cc1. The van der Waals surface area contributed by atoms with Gasteiger partial charge >= 0.3 is 6.18 Å². The second kappa shape index (κ2) is 11.6. The van der Waals surface area contributed by atoms with Crippen LogP contribution >= 0.6 is 31.9 Å². The Kier molecular flexibility index (Phi) is 9.21. The Morgan fingerprint density at radius 2 is 1.64 bits per heavy atom. The number of alkyl halides is 4. The van der Waals surface area contributed by atoms with Gasteiger partial charge in [0.15, 0.2) is 0 Å². The van der Waals surface area contributed by atoms with Gasteiger partial charge in [0.25, 0.3) is 10.0 Å². The van der Waals surface area contributed by atoms with E-state index < -0.39 is 37.1 Å². The first-order chi connectivity index (χ1) is 18.1. The van der Waals surface area contributed by atoms with Crippen molar-refractivity contribution in [1.29, 1.82) is 0 Å². The normalized spacial score (nSPS) is 22.6. The van der Waals surface area contributed by atoms with Gasteiger partial charge < -0.3 is 4.90 Å². The van der Waals surface area contributed by atoms with Crippen LogP contribution in [0.5, 0.6) is 0 Å². The van der Waals surface area contributed by atoms with Crippen LogP contribution in [-0.4, -0.2) is 42.0 Å². The van der Waals surface area contributed by atoms with Crippen LogP contribution in [0.3, 0.4) is 0 Å². The topological polar surface area (TPSA) is 57.7 Å². The van der Waals surface area contributed by atoms with Gasteiger partial charge in [0, 0.05) is 33.9 Å². The number of thiol groups is 1. The van der Waals surface area contributed by atoms with Gasteiger partial charge in [0.1, 0.15) is 0 Å². The van der Waals surface area contributed by atoms with Gasteiger partial charge in [-0.2, -0.15) is 13.2 Å². The predicted molar refractivity (Wildman–Crippen MR) is 161 cm³/mol. The van der Waals surface area contributed by atoms with Crippen LogP contribution in [-0.2, 0) is 26.3 Å². The first-order valence-corrected chi connectivity index (χ1v) is 18.5. The third kappa shape index (κ3) is 6.38. The lowest BCUT2D eigenvalue weighted by molar-refractivity contribution is -0.137. The van der Waals surface area contributed by atoms with Crippen LogP contribution in [0.2, 0.25) is 0 Å². The second-order valence-electron chi connectivity index (χ2n) is 10.8. The molecular formula is C27H35Br2F3N2O3S2. The summed E-state index contributed by atoms with van der Waals surface area (Å²) in [4.78, 5) is 1.49. The lowest BCUT2D eigenvalue weighted by Crippen LogP contribution is -2.50. The van der Waals surface area contributed by atoms with Gasteiger partial charge in [0.2, 0.25) is 0 Å². The highest BCUT2D eigenvalue weighted by atomic mass is 79.9. The molecule has 12 heteroatoms. The van der Waals surface area contributed by atoms with E-state index in [1.165, 1.54) is 30.9 Å². The summed E-state index contributed by atoms with van der Waals surface area (Å²) in [6.45, 7) is 4.65. The van der Waals surface area contributed by atoms with Crippen LogP contribution in [0.4, 0.5) is 24.5 Å². The van der Waals surface area contributed by atoms with Crippen LogP contribution in [0, 0.1) is 11.8 Å². The number of hydrogen-bond donors (Lipinski definition) is 1. The molecule has 0 spiro atoms. The Hall–Kier alpha value is -1.11. The lowest BCUT2D eigenvalue weighted by atomic mass is 9.75. The molecule has 5 nitrogen and oxygen atoms in total. The Morgan fingerprint density at radius 1 is 1.03 bits per heavy atom. The van der Waals surface area contributed by atoms with Gasteiger partial charge in [-0.1, -0.05) is 65.0 Å². The van der Waals surface area contributed by atoms with Crippen molar-refractivity contribution in [3.05, 3.63) is 52.5 Å². The minimum atomic E-state index is -4.71. The molecule has 0 bridgehead atoms. The van der Waals surface area contributed by atoms with Crippen molar-refractivity contribution in [3.8, 4) is 0 Å². The minimum Gasteiger partial charge on any atom is -0.370 e. The number of sulfonamides is 1. The second-order valence-corrected chi connectivity index (χ2v) is 18.3. The number of piperidine rings is 1. The summed E-state index contributed by atoms with van der Waals surface area (Å²) >= 11 is 6.74. The van der Waals surface area contributed by atoms with E-state index in [9.17, 15) is 25.8 Å². The molecule has 218 valence electrons. The molecule has 0 radical (unpaired) electrons. The van der Waals surface area contributed by atoms with Crippen molar-refractivity contribution in [2.24, 2.45) is 11.8 Å². The highest BCUT2D eigenvalue weighted by Gasteiger charge is 2.42. The van der Waals surface area contributed by atoms with Gasteiger partial charge in [-0.15, -0.1) is 0 Å². The molecule has 2 aromatic rings. The van der Waals surface area contributed by atoms with E-state index in [0.717, 1.165) is 41.5 Å².